The summed E-state index contributed by atoms with van der Waals surface area (Å²) in [6.07, 6.45) is 3.12. The molecule has 0 fully saturated rings. The van der Waals surface area contributed by atoms with Gasteiger partial charge in [-0.3, -0.25) is 4.98 Å². The van der Waals surface area contributed by atoms with E-state index < -0.39 is 5.54 Å². The SMILES string of the molecule is CCOCC(C)(N)c1noc(-c2ccncc2Cl)n1. The lowest BCUT2D eigenvalue weighted by Crippen LogP contribution is -2.39. The molecule has 102 valence electrons. The van der Waals surface area contributed by atoms with Crippen LogP contribution >= 0.6 is 11.6 Å². The van der Waals surface area contributed by atoms with Crippen LogP contribution in [-0.4, -0.2) is 28.3 Å². The summed E-state index contributed by atoms with van der Waals surface area (Å²) in [5.74, 6) is 0.694. The second-order valence-corrected chi connectivity index (χ2v) is 4.74. The van der Waals surface area contributed by atoms with Crippen LogP contribution in [0.5, 0.6) is 0 Å². The summed E-state index contributed by atoms with van der Waals surface area (Å²) in [5, 5.41) is 4.33. The molecule has 2 heterocycles. The monoisotopic (exact) mass is 282 g/mol. The van der Waals surface area contributed by atoms with Crippen molar-refractivity contribution >= 4 is 11.6 Å². The van der Waals surface area contributed by atoms with E-state index in [1.807, 2.05) is 6.92 Å². The Bertz CT molecular complexity index is 556. The van der Waals surface area contributed by atoms with E-state index in [9.17, 15) is 0 Å². The highest BCUT2D eigenvalue weighted by atomic mass is 35.5. The second-order valence-electron chi connectivity index (χ2n) is 4.33. The van der Waals surface area contributed by atoms with Gasteiger partial charge in [0.1, 0.15) is 5.54 Å². The predicted octanol–water partition coefficient (Wildman–Crippen LogP) is 2.00. The Morgan fingerprint density at radius 1 is 1.53 bits per heavy atom. The molecular weight excluding hydrogens is 268 g/mol. The molecular formula is C12H15ClN4O2. The zero-order valence-electron chi connectivity index (χ0n) is 10.8. The minimum atomic E-state index is -0.808. The van der Waals surface area contributed by atoms with E-state index >= 15 is 0 Å². The summed E-state index contributed by atoms with van der Waals surface area (Å²) in [5.41, 5.74) is 5.92. The van der Waals surface area contributed by atoms with Gasteiger partial charge in [-0.1, -0.05) is 16.8 Å². The van der Waals surface area contributed by atoms with E-state index in [0.29, 0.717) is 35.5 Å². The average Bonchev–Trinajstić information content (AvgIpc) is 2.87. The summed E-state index contributed by atoms with van der Waals surface area (Å²) in [6, 6.07) is 1.70. The second kappa shape index (κ2) is 5.64. The van der Waals surface area contributed by atoms with Crippen molar-refractivity contribution in [3.05, 3.63) is 29.3 Å². The van der Waals surface area contributed by atoms with Gasteiger partial charge in [0.15, 0.2) is 5.82 Å². The van der Waals surface area contributed by atoms with E-state index in [0.717, 1.165) is 0 Å². The molecule has 19 heavy (non-hydrogen) atoms. The van der Waals surface area contributed by atoms with Crippen LogP contribution in [0.4, 0.5) is 0 Å². The predicted molar refractivity (Wildman–Crippen MR) is 70.6 cm³/mol. The normalized spacial score (nSPS) is 14.3. The summed E-state index contributed by atoms with van der Waals surface area (Å²) in [4.78, 5) is 8.17. The molecule has 0 aromatic carbocycles. The van der Waals surface area contributed by atoms with E-state index in [-0.39, 0.29) is 0 Å². The van der Waals surface area contributed by atoms with E-state index in [1.54, 1.807) is 19.2 Å². The van der Waals surface area contributed by atoms with Crippen molar-refractivity contribution in [3.63, 3.8) is 0 Å². The maximum atomic E-state index is 6.10. The Labute approximate surface area is 115 Å². The minimum absolute atomic E-state index is 0.312. The molecule has 2 N–H and O–H groups in total. The van der Waals surface area contributed by atoms with Crippen molar-refractivity contribution < 1.29 is 9.26 Å². The zero-order valence-corrected chi connectivity index (χ0v) is 11.5. The molecule has 0 aliphatic heterocycles. The quantitative estimate of drug-likeness (QED) is 0.902. The number of aromatic nitrogens is 3. The van der Waals surface area contributed by atoms with Gasteiger partial charge in [0, 0.05) is 19.0 Å². The summed E-state index contributed by atoms with van der Waals surface area (Å²) in [6.45, 7) is 4.57. The largest absolute Gasteiger partial charge is 0.379 e. The van der Waals surface area contributed by atoms with Gasteiger partial charge < -0.3 is 15.0 Å². The van der Waals surface area contributed by atoms with Crippen LogP contribution in [0.3, 0.4) is 0 Å². The van der Waals surface area contributed by atoms with Gasteiger partial charge in [0.05, 0.1) is 17.2 Å². The third kappa shape index (κ3) is 3.09. The molecule has 0 aliphatic carbocycles. The Morgan fingerprint density at radius 2 is 2.32 bits per heavy atom. The molecule has 0 saturated carbocycles. The minimum Gasteiger partial charge on any atom is -0.379 e. The van der Waals surface area contributed by atoms with Crippen molar-refractivity contribution in [2.45, 2.75) is 19.4 Å². The fourth-order valence-electron chi connectivity index (χ4n) is 1.49. The first kappa shape index (κ1) is 13.9. The van der Waals surface area contributed by atoms with E-state index in [4.69, 9.17) is 26.6 Å². The van der Waals surface area contributed by atoms with Crippen LogP contribution in [0.25, 0.3) is 11.5 Å². The molecule has 1 atom stereocenters. The molecule has 2 aromatic heterocycles. The third-order valence-electron chi connectivity index (χ3n) is 2.55. The van der Waals surface area contributed by atoms with Gasteiger partial charge in [-0.05, 0) is 19.9 Å². The smallest absolute Gasteiger partial charge is 0.259 e. The number of hydrogen-bond donors (Lipinski definition) is 1. The summed E-state index contributed by atoms with van der Waals surface area (Å²) < 4.78 is 10.5. The molecule has 0 spiro atoms. The number of hydrogen-bond acceptors (Lipinski definition) is 6. The van der Waals surface area contributed by atoms with Gasteiger partial charge >= 0.3 is 0 Å². The molecule has 6 nitrogen and oxygen atoms in total. The Balaban J connectivity index is 2.27. The first-order chi connectivity index (χ1) is 9.04. The van der Waals surface area contributed by atoms with Gasteiger partial charge in [-0.2, -0.15) is 4.98 Å². The number of ether oxygens (including phenoxy) is 1. The van der Waals surface area contributed by atoms with Crippen LogP contribution in [0.15, 0.2) is 23.0 Å². The highest BCUT2D eigenvalue weighted by Crippen LogP contribution is 2.26. The fraction of sp³-hybridized carbons (Fsp3) is 0.417. The molecule has 0 amide bonds. The standard InChI is InChI=1S/C12H15ClN4O2/c1-3-18-7-12(2,14)11-16-10(19-17-11)8-4-5-15-6-9(8)13/h4-6H,3,7,14H2,1-2H3. The van der Waals surface area contributed by atoms with Crippen LogP contribution in [0.2, 0.25) is 5.02 Å². The van der Waals surface area contributed by atoms with Gasteiger partial charge in [-0.15, -0.1) is 0 Å². The fourth-order valence-corrected chi connectivity index (χ4v) is 1.69. The van der Waals surface area contributed by atoms with E-state index in [2.05, 4.69) is 15.1 Å². The van der Waals surface area contributed by atoms with Crippen LogP contribution in [0, 0.1) is 0 Å². The van der Waals surface area contributed by atoms with Gasteiger partial charge in [0.25, 0.3) is 5.89 Å². The van der Waals surface area contributed by atoms with Crippen molar-refractivity contribution in [2.75, 3.05) is 13.2 Å². The average molecular weight is 283 g/mol. The van der Waals surface area contributed by atoms with Crippen LogP contribution < -0.4 is 5.73 Å². The maximum absolute atomic E-state index is 6.10. The lowest BCUT2D eigenvalue weighted by atomic mass is 10.1. The number of nitrogens with two attached hydrogens (primary N) is 1. The number of nitrogens with zero attached hydrogens (tertiary/aromatic N) is 3. The Kier molecular flexibility index (Phi) is 4.14. The molecule has 7 heteroatoms. The number of rotatable bonds is 5. The highest BCUT2D eigenvalue weighted by molar-refractivity contribution is 6.32. The first-order valence-corrected chi connectivity index (χ1v) is 6.23. The molecule has 1 unspecified atom stereocenters. The molecule has 0 radical (unpaired) electrons. The lowest BCUT2D eigenvalue weighted by molar-refractivity contribution is 0.0962. The molecule has 0 bridgehead atoms. The third-order valence-corrected chi connectivity index (χ3v) is 2.85. The zero-order chi connectivity index (χ0) is 13.9. The Morgan fingerprint density at radius 3 is 3.00 bits per heavy atom. The summed E-state index contributed by atoms with van der Waals surface area (Å²) >= 11 is 6.02. The number of halogens is 1. The van der Waals surface area contributed by atoms with Crippen molar-refractivity contribution in [1.82, 2.24) is 15.1 Å². The van der Waals surface area contributed by atoms with E-state index in [1.165, 1.54) is 6.20 Å². The number of pyridine rings is 1. The first-order valence-electron chi connectivity index (χ1n) is 5.85. The molecule has 2 aromatic rings. The molecule has 2 rings (SSSR count). The van der Waals surface area contributed by atoms with Crippen LogP contribution in [0.1, 0.15) is 19.7 Å². The van der Waals surface area contributed by atoms with Gasteiger partial charge in [-0.25, -0.2) is 0 Å². The van der Waals surface area contributed by atoms with Gasteiger partial charge in [0.2, 0.25) is 0 Å². The topological polar surface area (TPSA) is 87.1 Å². The van der Waals surface area contributed by atoms with Crippen LogP contribution in [-0.2, 0) is 10.3 Å². The van der Waals surface area contributed by atoms with Crippen molar-refractivity contribution in [3.8, 4) is 11.5 Å². The molecule has 0 saturated heterocycles. The highest BCUT2D eigenvalue weighted by Gasteiger charge is 2.28. The van der Waals surface area contributed by atoms with Crippen molar-refractivity contribution in [2.24, 2.45) is 5.73 Å². The Hall–Kier alpha value is -1.50. The van der Waals surface area contributed by atoms with Crippen molar-refractivity contribution in [1.29, 1.82) is 0 Å². The maximum Gasteiger partial charge on any atom is 0.259 e. The lowest BCUT2D eigenvalue weighted by Gasteiger charge is -2.19. The molecule has 0 aliphatic rings. The summed E-state index contributed by atoms with van der Waals surface area (Å²) in [7, 11) is 0.